The lowest BCUT2D eigenvalue weighted by atomic mass is 9.81. The van der Waals surface area contributed by atoms with Crippen LogP contribution in [0.1, 0.15) is 12.0 Å². The third kappa shape index (κ3) is 1.69. The third-order valence-corrected chi connectivity index (χ3v) is 8.39. The summed E-state index contributed by atoms with van der Waals surface area (Å²) in [6, 6.07) is 3.70. The number of carbonyl (C=O) groups is 2. The molecule has 6 heteroatoms. The minimum absolute atomic E-state index is 0.0665. The number of aromatic nitrogens is 1. The van der Waals surface area contributed by atoms with E-state index in [-0.39, 0.29) is 45.1 Å². The van der Waals surface area contributed by atoms with Gasteiger partial charge in [-0.3, -0.25) is 9.59 Å². The number of amides is 2. The lowest BCUT2D eigenvalue weighted by Crippen LogP contribution is -2.37. The zero-order chi connectivity index (χ0) is 14.9. The van der Waals surface area contributed by atoms with Gasteiger partial charge in [0.15, 0.2) is 0 Å². The summed E-state index contributed by atoms with van der Waals surface area (Å²) in [6.45, 7) is 1.88. The molecule has 1 aliphatic heterocycles. The maximum atomic E-state index is 12.8. The molecule has 21 heavy (non-hydrogen) atoms. The Labute approximate surface area is 139 Å². The SMILES string of the molecule is Cc1cccnc1N1C(=O)[C@H]2[C@@H]3C[C@H]([C@@H](Br)[C@H]3Br)[C@@H]2C1=O. The van der Waals surface area contributed by atoms with E-state index in [1.165, 1.54) is 4.90 Å². The standard InChI is InChI=1S/C15H14Br2N2O2/c1-6-3-2-4-18-13(6)19-14(20)9-7-5-8(10(9)15(19)21)12(17)11(7)16/h2-4,7-12H,5H2,1H3/t7-,8-,9-,10-,11-,12+/m0/s1. The highest BCUT2D eigenvalue weighted by Gasteiger charge is 2.66. The van der Waals surface area contributed by atoms with E-state index >= 15 is 0 Å². The van der Waals surface area contributed by atoms with Crippen LogP contribution in [0.2, 0.25) is 0 Å². The Balaban J connectivity index is 1.77. The quantitative estimate of drug-likeness (QED) is 0.525. The second-order valence-electron chi connectivity index (χ2n) is 6.16. The first kappa shape index (κ1) is 13.9. The van der Waals surface area contributed by atoms with E-state index in [0.717, 1.165) is 12.0 Å². The maximum Gasteiger partial charge on any atom is 0.239 e. The molecule has 0 spiro atoms. The van der Waals surface area contributed by atoms with E-state index in [9.17, 15) is 9.59 Å². The van der Waals surface area contributed by atoms with Gasteiger partial charge in [0, 0.05) is 15.9 Å². The number of anilines is 1. The predicted octanol–water partition coefficient (Wildman–Crippen LogP) is 2.67. The number of alkyl halides is 2. The summed E-state index contributed by atoms with van der Waals surface area (Å²) in [7, 11) is 0. The molecule has 2 aliphatic carbocycles. The first-order valence-corrected chi connectivity index (χ1v) is 8.93. The van der Waals surface area contributed by atoms with E-state index in [1.54, 1.807) is 6.20 Å². The van der Waals surface area contributed by atoms with Gasteiger partial charge in [-0.05, 0) is 36.8 Å². The van der Waals surface area contributed by atoms with Crippen molar-refractivity contribution in [3.05, 3.63) is 23.9 Å². The Kier molecular flexibility index (Phi) is 3.05. The molecular formula is C15H14Br2N2O2. The number of pyridine rings is 1. The Morgan fingerprint density at radius 2 is 1.71 bits per heavy atom. The number of halogens is 2. The minimum Gasteiger partial charge on any atom is -0.274 e. The number of carbonyl (C=O) groups excluding carboxylic acids is 2. The minimum atomic E-state index is -0.179. The molecular weight excluding hydrogens is 400 g/mol. The smallest absolute Gasteiger partial charge is 0.239 e. The van der Waals surface area contributed by atoms with Gasteiger partial charge in [-0.15, -0.1) is 0 Å². The van der Waals surface area contributed by atoms with Crippen molar-refractivity contribution in [3.63, 3.8) is 0 Å². The molecule has 4 nitrogen and oxygen atoms in total. The molecule has 2 saturated carbocycles. The number of fused-ring (bicyclic) bond motifs is 5. The first-order chi connectivity index (χ1) is 10.0. The largest absolute Gasteiger partial charge is 0.274 e. The summed E-state index contributed by atoms with van der Waals surface area (Å²) in [5.74, 6) is 0.499. The summed E-state index contributed by atoms with van der Waals surface area (Å²) in [6.07, 6.45) is 2.58. The van der Waals surface area contributed by atoms with Crippen LogP contribution >= 0.6 is 31.9 Å². The molecule has 4 rings (SSSR count). The third-order valence-electron chi connectivity index (χ3n) is 5.18. The molecule has 2 bridgehead atoms. The topological polar surface area (TPSA) is 50.3 Å². The molecule has 6 atom stereocenters. The summed E-state index contributed by atoms with van der Waals surface area (Å²) >= 11 is 7.38. The lowest BCUT2D eigenvalue weighted by molar-refractivity contribution is -0.123. The number of hydrogen-bond donors (Lipinski definition) is 0. The van der Waals surface area contributed by atoms with Crippen LogP contribution < -0.4 is 4.90 Å². The van der Waals surface area contributed by atoms with Crippen LogP contribution in [0.5, 0.6) is 0 Å². The fraction of sp³-hybridized carbons (Fsp3) is 0.533. The van der Waals surface area contributed by atoms with Crippen molar-refractivity contribution in [2.45, 2.75) is 23.0 Å². The molecule has 0 N–H and O–H groups in total. The Morgan fingerprint density at radius 3 is 2.24 bits per heavy atom. The van der Waals surface area contributed by atoms with Crippen LogP contribution in [0, 0.1) is 30.6 Å². The van der Waals surface area contributed by atoms with E-state index < -0.39 is 0 Å². The van der Waals surface area contributed by atoms with Crippen molar-refractivity contribution in [1.29, 1.82) is 0 Å². The lowest BCUT2D eigenvalue weighted by Gasteiger charge is -2.28. The van der Waals surface area contributed by atoms with Gasteiger partial charge in [-0.25, -0.2) is 9.88 Å². The van der Waals surface area contributed by atoms with Crippen molar-refractivity contribution < 1.29 is 9.59 Å². The van der Waals surface area contributed by atoms with Crippen LogP contribution in [0.25, 0.3) is 0 Å². The fourth-order valence-corrected chi connectivity index (χ4v) is 6.14. The first-order valence-electron chi connectivity index (χ1n) is 7.10. The zero-order valence-corrected chi connectivity index (χ0v) is 14.5. The second-order valence-corrected chi connectivity index (χ2v) is 8.27. The molecule has 1 saturated heterocycles. The molecule has 0 unspecified atom stereocenters. The van der Waals surface area contributed by atoms with E-state index in [4.69, 9.17) is 0 Å². The predicted molar refractivity (Wildman–Crippen MR) is 85.5 cm³/mol. The highest BCUT2D eigenvalue weighted by molar-refractivity contribution is 9.12. The number of rotatable bonds is 1. The van der Waals surface area contributed by atoms with Gasteiger partial charge in [-0.2, -0.15) is 0 Å². The number of imide groups is 1. The van der Waals surface area contributed by atoms with E-state index in [1.807, 2.05) is 19.1 Å². The summed E-state index contributed by atoms with van der Waals surface area (Å²) in [5.41, 5.74) is 0.859. The van der Waals surface area contributed by atoms with Crippen molar-refractivity contribution in [3.8, 4) is 0 Å². The number of nitrogens with zero attached hydrogens (tertiary/aromatic N) is 2. The highest BCUT2D eigenvalue weighted by atomic mass is 79.9. The van der Waals surface area contributed by atoms with E-state index in [0.29, 0.717) is 5.82 Å². The normalized spacial score (nSPS) is 41.0. The van der Waals surface area contributed by atoms with Gasteiger partial charge >= 0.3 is 0 Å². The molecule has 1 aromatic heterocycles. The number of aryl methyl sites for hydroxylation is 1. The molecule has 110 valence electrons. The van der Waals surface area contributed by atoms with E-state index in [2.05, 4.69) is 36.8 Å². The van der Waals surface area contributed by atoms with Gasteiger partial charge in [0.25, 0.3) is 0 Å². The molecule has 1 aromatic rings. The summed E-state index contributed by atoms with van der Waals surface area (Å²) in [4.78, 5) is 31.8. The van der Waals surface area contributed by atoms with Crippen LogP contribution in [-0.4, -0.2) is 26.5 Å². The van der Waals surface area contributed by atoms with Crippen LogP contribution in [0.3, 0.4) is 0 Å². The average molecular weight is 414 g/mol. The van der Waals surface area contributed by atoms with Gasteiger partial charge in [0.2, 0.25) is 11.8 Å². The van der Waals surface area contributed by atoms with Crippen LogP contribution in [-0.2, 0) is 9.59 Å². The molecule has 0 aromatic carbocycles. The van der Waals surface area contributed by atoms with Crippen molar-refractivity contribution in [1.82, 2.24) is 4.98 Å². The highest BCUT2D eigenvalue weighted by Crippen LogP contribution is 2.60. The van der Waals surface area contributed by atoms with Crippen molar-refractivity contribution in [2.24, 2.45) is 23.7 Å². The molecule has 3 fully saturated rings. The Morgan fingerprint density at radius 1 is 1.14 bits per heavy atom. The van der Waals surface area contributed by atoms with Crippen LogP contribution in [0.4, 0.5) is 5.82 Å². The summed E-state index contributed by atoms with van der Waals surface area (Å²) in [5, 5.41) is 0. The molecule has 0 radical (unpaired) electrons. The zero-order valence-electron chi connectivity index (χ0n) is 11.4. The maximum absolute atomic E-state index is 12.8. The number of hydrogen-bond acceptors (Lipinski definition) is 3. The van der Waals surface area contributed by atoms with Gasteiger partial charge < -0.3 is 0 Å². The fourth-order valence-electron chi connectivity index (χ4n) is 4.27. The average Bonchev–Trinajstić information content (AvgIpc) is 3.06. The monoisotopic (exact) mass is 412 g/mol. The Bertz CT molecular complexity index is 618. The van der Waals surface area contributed by atoms with Gasteiger partial charge in [0.1, 0.15) is 5.82 Å². The summed E-state index contributed by atoms with van der Waals surface area (Å²) < 4.78 is 0. The van der Waals surface area contributed by atoms with Crippen molar-refractivity contribution >= 4 is 49.5 Å². The molecule has 2 amide bonds. The van der Waals surface area contributed by atoms with Crippen molar-refractivity contribution in [2.75, 3.05) is 4.90 Å². The van der Waals surface area contributed by atoms with Gasteiger partial charge in [0.05, 0.1) is 11.8 Å². The Hall–Kier alpha value is -0.750. The van der Waals surface area contributed by atoms with Crippen LogP contribution in [0.15, 0.2) is 18.3 Å². The molecule has 3 aliphatic rings. The van der Waals surface area contributed by atoms with Gasteiger partial charge in [-0.1, -0.05) is 37.9 Å². The molecule has 2 heterocycles. The second kappa shape index (κ2) is 4.62.